The van der Waals surface area contributed by atoms with Crippen molar-refractivity contribution in [1.82, 2.24) is 5.32 Å². The van der Waals surface area contributed by atoms with Gasteiger partial charge in [-0.2, -0.15) is 0 Å². The fourth-order valence-corrected chi connectivity index (χ4v) is 1.99. The van der Waals surface area contributed by atoms with E-state index in [-0.39, 0.29) is 18.3 Å². The molecule has 2 aromatic rings. The molecule has 2 rings (SSSR count). The molecule has 0 fully saturated rings. The Balaban J connectivity index is 0.00000180. The lowest BCUT2D eigenvalue weighted by Crippen LogP contribution is -2.39. The molecular formula is C15H19ClN2O. The van der Waals surface area contributed by atoms with Gasteiger partial charge in [-0.3, -0.25) is 4.79 Å². The maximum absolute atomic E-state index is 11.4. The Morgan fingerprint density at radius 1 is 1.21 bits per heavy atom. The Bertz CT molecular complexity index is 549. The van der Waals surface area contributed by atoms with Crippen LogP contribution in [0.5, 0.6) is 0 Å². The molecule has 0 aliphatic rings. The normalized spacial score (nSPS) is 11.7. The van der Waals surface area contributed by atoms with E-state index in [1.54, 1.807) is 6.92 Å². The third-order valence-corrected chi connectivity index (χ3v) is 2.99. The van der Waals surface area contributed by atoms with Crippen molar-refractivity contribution >= 4 is 29.1 Å². The smallest absolute Gasteiger partial charge is 0.236 e. The lowest BCUT2D eigenvalue weighted by molar-refractivity contribution is -0.121. The van der Waals surface area contributed by atoms with Crippen LogP contribution in [-0.4, -0.2) is 18.5 Å². The monoisotopic (exact) mass is 278 g/mol. The van der Waals surface area contributed by atoms with E-state index in [0.29, 0.717) is 6.54 Å². The van der Waals surface area contributed by atoms with Gasteiger partial charge in [0.1, 0.15) is 0 Å². The summed E-state index contributed by atoms with van der Waals surface area (Å²) in [5.41, 5.74) is 6.74. The fraction of sp³-hybridized carbons (Fsp3) is 0.267. The second-order valence-corrected chi connectivity index (χ2v) is 4.47. The molecule has 2 aromatic carbocycles. The zero-order valence-corrected chi connectivity index (χ0v) is 11.7. The van der Waals surface area contributed by atoms with Crippen LogP contribution in [0.1, 0.15) is 12.5 Å². The minimum atomic E-state index is -0.447. The third kappa shape index (κ3) is 3.94. The van der Waals surface area contributed by atoms with Crippen LogP contribution in [0.2, 0.25) is 0 Å². The third-order valence-electron chi connectivity index (χ3n) is 2.99. The molecule has 4 heteroatoms. The highest BCUT2D eigenvalue weighted by Gasteiger charge is 2.06. The summed E-state index contributed by atoms with van der Waals surface area (Å²) in [6, 6.07) is 14.1. The van der Waals surface area contributed by atoms with Crippen LogP contribution in [-0.2, 0) is 11.2 Å². The van der Waals surface area contributed by atoms with E-state index >= 15 is 0 Å². The Kier molecular flexibility index (Phi) is 5.80. The van der Waals surface area contributed by atoms with E-state index in [9.17, 15) is 4.79 Å². The van der Waals surface area contributed by atoms with Crippen molar-refractivity contribution in [1.29, 1.82) is 0 Å². The summed E-state index contributed by atoms with van der Waals surface area (Å²) in [5, 5.41) is 5.31. The number of hydrogen-bond acceptors (Lipinski definition) is 2. The van der Waals surface area contributed by atoms with E-state index in [1.165, 1.54) is 16.3 Å². The van der Waals surface area contributed by atoms with E-state index in [2.05, 4.69) is 29.6 Å². The number of amides is 1. The number of hydrogen-bond donors (Lipinski definition) is 2. The van der Waals surface area contributed by atoms with Crippen LogP contribution in [0.4, 0.5) is 0 Å². The average Bonchev–Trinajstić information content (AvgIpc) is 2.38. The molecule has 102 valence electrons. The van der Waals surface area contributed by atoms with Crippen LogP contribution < -0.4 is 11.1 Å². The molecule has 0 heterocycles. The Morgan fingerprint density at radius 3 is 2.63 bits per heavy atom. The highest BCUT2D eigenvalue weighted by Crippen LogP contribution is 2.18. The standard InChI is InChI=1S/C15H18N2O.ClH/c1-11(16)15(18)17-10-9-13-7-4-6-12-5-2-3-8-14(12)13;/h2-8,11H,9-10,16H2,1H3,(H,17,18);1H/t11-;/m1./s1. The van der Waals surface area contributed by atoms with Crippen molar-refractivity contribution in [2.24, 2.45) is 5.73 Å². The lowest BCUT2D eigenvalue weighted by Gasteiger charge is -2.09. The van der Waals surface area contributed by atoms with E-state index in [4.69, 9.17) is 5.73 Å². The SMILES string of the molecule is C[C@@H](N)C(=O)NCCc1cccc2ccccc12.Cl. The summed E-state index contributed by atoms with van der Waals surface area (Å²) in [6.45, 7) is 2.31. The lowest BCUT2D eigenvalue weighted by atomic mass is 10.0. The first-order valence-electron chi connectivity index (χ1n) is 6.18. The van der Waals surface area contributed by atoms with Gasteiger partial charge in [0.2, 0.25) is 5.91 Å². The predicted molar refractivity (Wildman–Crippen MR) is 81.6 cm³/mol. The maximum Gasteiger partial charge on any atom is 0.236 e. The Labute approximate surface area is 119 Å². The average molecular weight is 279 g/mol. The van der Waals surface area contributed by atoms with Crippen LogP contribution in [0, 0.1) is 0 Å². The number of nitrogens with one attached hydrogen (secondary N) is 1. The molecule has 3 N–H and O–H groups in total. The summed E-state index contributed by atoms with van der Waals surface area (Å²) in [7, 11) is 0. The second kappa shape index (κ2) is 7.12. The number of fused-ring (bicyclic) bond motifs is 1. The quantitative estimate of drug-likeness (QED) is 0.901. The zero-order chi connectivity index (χ0) is 13.0. The summed E-state index contributed by atoms with van der Waals surface area (Å²) in [5.74, 6) is -0.102. The van der Waals surface area contributed by atoms with Gasteiger partial charge < -0.3 is 11.1 Å². The van der Waals surface area contributed by atoms with E-state index < -0.39 is 6.04 Å². The molecule has 0 bridgehead atoms. The molecular weight excluding hydrogens is 260 g/mol. The minimum Gasteiger partial charge on any atom is -0.354 e. The van der Waals surface area contributed by atoms with Crippen LogP contribution in [0.15, 0.2) is 42.5 Å². The van der Waals surface area contributed by atoms with Gasteiger partial charge in [0.25, 0.3) is 0 Å². The molecule has 0 aromatic heterocycles. The van der Waals surface area contributed by atoms with Crippen LogP contribution in [0.25, 0.3) is 10.8 Å². The molecule has 1 amide bonds. The molecule has 0 aliphatic heterocycles. The Hall–Kier alpha value is -1.58. The zero-order valence-electron chi connectivity index (χ0n) is 10.9. The molecule has 0 saturated carbocycles. The minimum absolute atomic E-state index is 0. The van der Waals surface area contributed by atoms with E-state index in [0.717, 1.165) is 6.42 Å². The molecule has 0 saturated heterocycles. The van der Waals surface area contributed by atoms with Gasteiger partial charge in [0, 0.05) is 6.54 Å². The van der Waals surface area contributed by atoms with Gasteiger partial charge in [0.15, 0.2) is 0 Å². The van der Waals surface area contributed by atoms with Crippen molar-refractivity contribution in [3.8, 4) is 0 Å². The number of carbonyl (C=O) groups excluding carboxylic acids is 1. The van der Waals surface area contributed by atoms with Gasteiger partial charge in [-0.25, -0.2) is 0 Å². The van der Waals surface area contributed by atoms with Crippen molar-refractivity contribution in [3.63, 3.8) is 0 Å². The molecule has 3 nitrogen and oxygen atoms in total. The van der Waals surface area contributed by atoms with Crippen molar-refractivity contribution < 1.29 is 4.79 Å². The van der Waals surface area contributed by atoms with Crippen molar-refractivity contribution in [3.05, 3.63) is 48.0 Å². The van der Waals surface area contributed by atoms with Crippen molar-refractivity contribution in [2.45, 2.75) is 19.4 Å². The summed E-state index contributed by atoms with van der Waals surface area (Å²) in [6.07, 6.45) is 0.819. The molecule has 0 unspecified atom stereocenters. The number of nitrogens with two attached hydrogens (primary N) is 1. The summed E-state index contributed by atoms with van der Waals surface area (Å²) in [4.78, 5) is 11.4. The first kappa shape index (κ1) is 15.5. The number of benzene rings is 2. The largest absolute Gasteiger partial charge is 0.354 e. The fourth-order valence-electron chi connectivity index (χ4n) is 1.99. The number of rotatable bonds is 4. The molecule has 1 atom stereocenters. The molecule has 0 aliphatic carbocycles. The van der Waals surface area contributed by atoms with Gasteiger partial charge in [-0.15, -0.1) is 12.4 Å². The molecule has 0 radical (unpaired) electrons. The van der Waals surface area contributed by atoms with Gasteiger partial charge >= 0.3 is 0 Å². The topological polar surface area (TPSA) is 55.1 Å². The number of carbonyl (C=O) groups is 1. The first-order chi connectivity index (χ1) is 8.68. The van der Waals surface area contributed by atoms with Crippen LogP contribution in [0.3, 0.4) is 0 Å². The summed E-state index contributed by atoms with van der Waals surface area (Å²) >= 11 is 0. The van der Waals surface area contributed by atoms with Crippen LogP contribution >= 0.6 is 12.4 Å². The summed E-state index contributed by atoms with van der Waals surface area (Å²) < 4.78 is 0. The maximum atomic E-state index is 11.4. The van der Waals surface area contributed by atoms with Gasteiger partial charge in [0.05, 0.1) is 6.04 Å². The van der Waals surface area contributed by atoms with E-state index in [1.807, 2.05) is 18.2 Å². The second-order valence-electron chi connectivity index (χ2n) is 4.47. The highest BCUT2D eigenvalue weighted by molar-refractivity contribution is 5.86. The van der Waals surface area contributed by atoms with Crippen molar-refractivity contribution in [2.75, 3.05) is 6.54 Å². The predicted octanol–water partition coefficient (Wildman–Crippen LogP) is 2.27. The highest BCUT2D eigenvalue weighted by atomic mass is 35.5. The molecule has 19 heavy (non-hydrogen) atoms. The first-order valence-corrected chi connectivity index (χ1v) is 6.18. The van der Waals surface area contributed by atoms with Gasteiger partial charge in [-0.1, -0.05) is 42.5 Å². The number of halogens is 1. The molecule has 0 spiro atoms. The van der Waals surface area contributed by atoms with Gasteiger partial charge in [-0.05, 0) is 29.7 Å². The Morgan fingerprint density at radius 2 is 1.89 bits per heavy atom.